The summed E-state index contributed by atoms with van der Waals surface area (Å²) < 4.78 is 17.1. The molecule has 0 saturated heterocycles. The van der Waals surface area contributed by atoms with E-state index in [0.717, 1.165) is 0 Å². The summed E-state index contributed by atoms with van der Waals surface area (Å²) in [6.45, 7) is 14.3. The second-order valence-corrected chi connectivity index (χ2v) is 35.6. The van der Waals surface area contributed by atoms with Gasteiger partial charge in [-0.25, -0.2) is 0 Å². The largest absolute Gasteiger partial charge is 0.344 e. The minimum Gasteiger partial charge on any atom is -0.344 e. The second kappa shape index (κ2) is 20.4. The first-order valence-electron chi connectivity index (χ1n) is 12.8. The third kappa shape index (κ3) is 13.7. The summed E-state index contributed by atoms with van der Waals surface area (Å²) in [4.78, 5) is 0. The quantitative estimate of drug-likeness (QED) is 0.139. The van der Waals surface area contributed by atoms with Gasteiger partial charge in [-0.3, -0.25) is 0 Å². The molecule has 0 rings (SSSR count). The average molecular weight is 613 g/mol. The van der Waals surface area contributed by atoms with Crippen molar-refractivity contribution < 1.29 is 1.41 Å². The zero-order valence-electron chi connectivity index (χ0n) is 20.8. The maximum atomic E-state index is 7.86. The zero-order valence-corrected chi connectivity index (χ0v) is 26.6. The molecule has 0 aromatic rings. The minimum absolute atomic E-state index is 0. The van der Waals surface area contributed by atoms with E-state index >= 15 is 0 Å². The van der Waals surface area contributed by atoms with E-state index in [9.17, 15) is 0 Å². The molecule has 0 heterocycles. The van der Waals surface area contributed by atoms with Gasteiger partial charge in [-0.15, -0.1) is 0 Å². The van der Waals surface area contributed by atoms with Gasteiger partial charge >= 0.3 is 184 Å². The number of rotatable bonds is 20. The minimum atomic E-state index is -2.46. The molecule has 0 saturated carbocycles. The van der Waals surface area contributed by atoms with Crippen LogP contribution < -0.4 is 6.15 Å². The first-order chi connectivity index (χ1) is 13.1. The predicted octanol–water partition coefficient (Wildman–Crippen LogP) is 9.86. The third-order valence-electron chi connectivity index (χ3n) is 6.35. The third-order valence-corrected chi connectivity index (χ3v) is 47.1. The van der Waals surface area contributed by atoms with E-state index in [0.29, 0.717) is 0 Å². The number of unbranched alkanes of at least 4 members (excludes halogenated alkanes) is 6. The van der Waals surface area contributed by atoms with Crippen LogP contribution in [0.15, 0.2) is 0 Å². The van der Waals surface area contributed by atoms with E-state index in [-0.39, 0.29) is 6.15 Å². The van der Waals surface area contributed by atoms with Crippen LogP contribution >= 0.6 is 0 Å². The van der Waals surface area contributed by atoms with Crippen molar-refractivity contribution in [1.82, 2.24) is 6.15 Å². The Kier molecular flexibility index (Phi) is 23.1. The molecule has 2 nitrogen and oxygen atoms in total. The summed E-state index contributed by atoms with van der Waals surface area (Å²) in [6.07, 6.45) is 16.8. The van der Waals surface area contributed by atoms with Crippen LogP contribution in [0, 0.1) is 0 Å². The maximum Gasteiger partial charge on any atom is -0.344 e. The van der Waals surface area contributed by atoms with E-state index in [1.807, 2.05) is 0 Å². The smallest absolute Gasteiger partial charge is 0.344 e. The Labute approximate surface area is 189 Å². The van der Waals surface area contributed by atoms with Crippen LogP contribution in [-0.2, 0) is 1.41 Å². The molecule has 0 radical (unpaired) electrons. The molecule has 3 N–H and O–H groups in total. The van der Waals surface area contributed by atoms with Crippen molar-refractivity contribution in [2.75, 3.05) is 0 Å². The van der Waals surface area contributed by atoms with Crippen LogP contribution in [0.5, 0.6) is 0 Å². The topological polar surface area (TPSA) is 44.2 Å². The predicted molar refractivity (Wildman–Crippen MR) is 136 cm³/mol. The van der Waals surface area contributed by atoms with Gasteiger partial charge < -0.3 is 6.15 Å². The normalized spacial score (nSPS) is 12.2. The van der Waals surface area contributed by atoms with E-state index in [1.165, 1.54) is 104 Å². The molecule has 172 valence electrons. The standard InChI is InChI=1S/6C4H9.H3N.O.2Sn/c6*1-3-4-2;;;;/h6*1,3-4H2,2H3;1H3;;;. The molecule has 0 fully saturated rings. The van der Waals surface area contributed by atoms with Crippen LogP contribution in [-0.4, -0.2) is 37.6 Å². The molecule has 0 aliphatic rings. The summed E-state index contributed by atoms with van der Waals surface area (Å²) in [6, 6.07) is 0. The van der Waals surface area contributed by atoms with Crippen molar-refractivity contribution in [3.8, 4) is 0 Å². The summed E-state index contributed by atoms with van der Waals surface area (Å²) >= 11 is -4.92. The Morgan fingerprint density at radius 1 is 0.393 bits per heavy atom. The van der Waals surface area contributed by atoms with E-state index in [2.05, 4.69) is 41.5 Å². The molecule has 0 bridgehead atoms. The molecule has 28 heavy (non-hydrogen) atoms. The van der Waals surface area contributed by atoms with Crippen molar-refractivity contribution in [3.63, 3.8) is 0 Å². The Balaban J connectivity index is 0. The average Bonchev–Trinajstić information content (AvgIpc) is 2.70. The van der Waals surface area contributed by atoms with E-state index in [4.69, 9.17) is 1.41 Å². The molecule has 0 aromatic heterocycles. The van der Waals surface area contributed by atoms with Crippen LogP contribution in [0.4, 0.5) is 0 Å². The van der Waals surface area contributed by atoms with E-state index in [1.54, 1.807) is 0 Å². The molecular weight excluding hydrogens is 556 g/mol. The van der Waals surface area contributed by atoms with Gasteiger partial charge in [0.1, 0.15) is 0 Å². The summed E-state index contributed by atoms with van der Waals surface area (Å²) in [5.74, 6) is 0. The van der Waals surface area contributed by atoms with Crippen LogP contribution in [0.3, 0.4) is 0 Å². The van der Waals surface area contributed by atoms with Gasteiger partial charge in [0, 0.05) is 0 Å². The molecule has 4 heteroatoms. The van der Waals surface area contributed by atoms with Gasteiger partial charge in [0.15, 0.2) is 0 Å². The van der Waals surface area contributed by atoms with E-state index < -0.39 is 37.6 Å². The van der Waals surface area contributed by atoms with Gasteiger partial charge in [0.05, 0.1) is 0 Å². The molecule has 0 spiro atoms. The van der Waals surface area contributed by atoms with Crippen LogP contribution in [0.2, 0.25) is 26.6 Å². The van der Waals surface area contributed by atoms with Gasteiger partial charge in [-0.2, -0.15) is 0 Å². The summed E-state index contributed by atoms with van der Waals surface area (Å²) in [7, 11) is 0. The van der Waals surface area contributed by atoms with Crippen molar-refractivity contribution in [3.05, 3.63) is 0 Å². The monoisotopic (exact) mass is 615 g/mol. The fraction of sp³-hybridized carbons (Fsp3) is 1.00. The molecule has 0 aliphatic heterocycles. The Morgan fingerprint density at radius 2 is 0.571 bits per heavy atom. The molecule has 0 atom stereocenters. The Hall–Kier alpha value is 1.52. The van der Waals surface area contributed by atoms with Gasteiger partial charge in [-0.1, -0.05) is 0 Å². The maximum absolute atomic E-state index is 7.86. The summed E-state index contributed by atoms with van der Waals surface area (Å²) in [5, 5.41) is 0. The molecule has 0 aliphatic carbocycles. The zero-order chi connectivity index (χ0) is 20.4. The second-order valence-electron chi connectivity index (χ2n) is 9.09. The fourth-order valence-corrected chi connectivity index (χ4v) is 59.6. The van der Waals surface area contributed by atoms with Gasteiger partial charge in [-0.05, 0) is 0 Å². The SMILES string of the molecule is CCC[CH2][Sn]([CH2]CCC)([CH2]CCC)[O][Sn]([CH2]CCC)([CH2]CCC)[CH2]CCC.N. The van der Waals surface area contributed by atoms with Gasteiger partial charge in [0.2, 0.25) is 0 Å². The first-order valence-corrected chi connectivity index (χ1v) is 27.2. The fourth-order valence-electron chi connectivity index (χ4n) is 4.51. The number of hydrogen-bond acceptors (Lipinski definition) is 2. The Bertz CT molecular complexity index is 252. The van der Waals surface area contributed by atoms with Gasteiger partial charge in [0.25, 0.3) is 0 Å². The van der Waals surface area contributed by atoms with Crippen molar-refractivity contribution in [2.24, 2.45) is 0 Å². The molecule has 0 aromatic carbocycles. The first kappa shape index (κ1) is 31.7. The van der Waals surface area contributed by atoms with Crippen molar-refractivity contribution >= 4 is 37.6 Å². The van der Waals surface area contributed by atoms with Crippen LogP contribution in [0.1, 0.15) is 119 Å². The molecule has 0 unspecified atom stereocenters. The summed E-state index contributed by atoms with van der Waals surface area (Å²) in [5.41, 5.74) is 0. The van der Waals surface area contributed by atoms with Crippen molar-refractivity contribution in [2.45, 2.75) is 145 Å². The molecular formula is C24H57NOSn2. The number of hydrogen-bond donors (Lipinski definition) is 1. The Morgan fingerprint density at radius 3 is 0.714 bits per heavy atom. The molecule has 0 amide bonds. The van der Waals surface area contributed by atoms with Crippen molar-refractivity contribution in [1.29, 1.82) is 0 Å². The van der Waals surface area contributed by atoms with Crippen LogP contribution in [0.25, 0.3) is 0 Å².